The van der Waals surface area contributed by atoms with Gasteiger partial charge in [-0.25, -0.2) is 15.0 Å². The van der Waals surface area contributed by atoms with Gasteiger partial charge in [-0.05, 0) is 11.8 Å². The summed E-state index contributed by atoms with van der Waals surface area (Å²) < 4.78 is 1.97. The van der Waals surface area contributed by atoms with Crippen LogP contribution in [0.3, 0.4) is 0 Å². The number of rotatable bonds is 3. The molecule has 0 radical (unpaired) electrons. The fourth-order valence-electron chi connectivity index (χ4n) is 1.48. The van der Waals surface area contributed by atoms with Crippen LogP contribution in [-0.2, 0) is 12.5 Å². The summed E-state index contributed by atoms with van der Waals surface area (Å²) in [6.07, 6.45) is 3.71. The summed E-state index contributed by atoms with van der Waals surface area (Å²) in [4.78, 5) is 13.4. The van der Waals surface area contributed by atoms with Crippen LogP contribution in [0.25, 0.3) is 0 Å². The molecule has 1 N–H and O–H groups in total. The molecule has 0 atom stereocenters. The maximum Gasteiger partial charge on any atom is 0.174 e. The Labute approximate surface area is 117 Å². The Hall–Kier alpha value is -1.56. The van der Waals surface area contributed by atoms with Gasteiger partial charge in [0.2, 0.25) is 0 Å². The second-order valence-corrected chi connectivity index (χ2v) is 6.33. The molecule has 5 nitrogen and oxygen atoms in total. The zero-order chi connectivity index (χ0) is 14.0. The van der Waals surface area contributed by atoms with Gasteiger partial charge < -0.3 is 9.88 Å². The van der Waals surface area contributed by atoms with Crippen molar-refractivity contribution in [3.05, 3.63) is 24.3 Å². The Morgan fingerprint density at radius 3 is 2.53 bits per heavy atom. The molecule has 6 heteroatoms. The Bertz CT molecular complexity index is 571. The summed E-state index contributed by atoms with van der Waals surface area (Å²) in [6.45, 7) is 6.32. The summed E-state index contributed by atoms with van der Waals surface area (Å²) in [5, 5.41) is 4.90. The topological polar surface area (TPSA) is 55.6 Å². The van der Waals surface area contributed by atoms with E-state index in [1.807, 2.05) is 30.9 Å². The monoisotopic (exact) mass is 277 g/mol. The molecular weight excluding hydrogens is 258 g/mol. The number of hydrogen-bond acceptors (Lipinski definition) is 5. The molecule has 0 aliphatic heterocycles. The first-order chi connectivity index (χ1) is 8.90. The van der Waals surface area contributed by atoms with E-state index in [0.717, 1.165) is 21.8 Å². The number of nitrogens with zero attached hydrogens (tertiary/aromatic N) is 4. The van der Waals surface area contributed by atoms with Crippen LogP contribution in [0.5, 0.6) is 0 Å². The molecule has 19 heavy (non-hydrogen) atoms. The highest BCUT2D eigenvalue weighted by Crippen LogP contribution is 2.28. The molecule has 0 spiro atoms. The van der Waals surface area contributed by atoms with Crippen LogP contribution in [0.4, 0.5) is 5.82 Å². The standard InChI is InChI=1S/C13H19N5S/c1-13(2,3)11-16-9(14-4)8-10(17-11)19-12-15-6-7-18(12)5/h6-8H,1-5H3,(H,14,16,17). The number of imidazole rings is 1. The average Bonchev–Trinajstić information content (AvgIpc) is 2.73. The van der Waals surface area contributed by atoms with Crippen molar-refractivity contribution in [1.82, 2.24) is 19.5 Å². The van der Waals surface area contributed by atoms with E-state index in [1.165, 1.54) is 0 Å². The van der Waals surface area contributed by atoms with Gasteiger partial charge in [-0.15, -0.1) is 0 Å². The van der Waals surface area contributed by atoms with Crippen LogP contribution in [0.2, 0.25) is 0 Å². The third-order valence-corrected chi connectivity index (χ3v) is 3.60. The molecule has 0 fully saturated rings. The highest BCUT2D eigenvalue weighted by molar-refractivity contribution is 7.99. The van der Waals surface area contributed by atoms with Crippen molar-refractivity contribution in [2.24, 2.45) is 7.05 Å². The normalized spacial score (nSPS) is 11.6. The molecule has 0 aliphatic rings. The minimum Gasteiger partial charge on any atom is -0.373 e. The van der Waals surface area contributed by atoms with Crippen molar-refractivity contribution in [3.63, 3.8) is 0 Å². The van der Waals surface area contributed by atoms with Gasteiger partial charge in [0.25, 0.3) is 0 Å². The molecule has 0 saturated heterocycles. The number of aryl methyl sites for hydroxylation is 1. The number of aromatic nitrogens is 4. The first-order valence-electron chi connectivity index (χ1n) is 6.12. The molecule has 0 unspecified atom stereocenters. The summed E-state index contributed by atoms with van der Waals surface area (Å²) in [6, 6.07) is 1.94. The van der Waals surface area contributed by atoms with Gasteiger partial charge in [0.05, 0.1) is 0 Å². The Morgan fingerprint density at radius 1 is 1.26 bits per heavy atom. The van der Waals surface area contributed by atoms with E-state index in [0.29, 0.717) is 0 Å². The quantitative estimate of drug-likeness (QED) is 0.874. The number of hydrogen-bond donors (Lipinski definition) is 1. The molecule has 2 rings (SSSR count). The van der Waals surface area contributed by atoms with Crippen LogP contribution in [0.1, 0.15) is 26.6 Å². The van der Waals surface area contributed by atoms with Gasteiger partial charge in [0.1, 0.15) is 16.7 Å². The molecule has 2 aromatic rings. The van der Waals surface area contributed by atoms with Crippen molar-refractivity contribution in [2.75, 3.05) is 12.4 Å². The van der Waals surface area contributed by atoms with E-state index in [2.05, 4.69) is 41.0 Å². The average molecular weight is 277 g/mol. The van der Waals surface area contributed by atoms with Crippen LogP contribution in [0.15, 0.2) is 28.6 Å². The molecule has 0 aliphatic carbocycles. The van der Waals surface area contributed by atoms with Gasteiger partial charge in [-0.3, -0.25) is 0 Å². The van der Waals surface area contributed by atoms with Crippen LogP contribution < -0.4 is 5.32 Å². The molecular formula is C13H19N5S. The Morgan fingerprint density at radius 2 is 2.00 bits per heavy atom. The minimum absolute atomic E-state index is 0.0796. The molecule has 0 saturated carbocycles. The lowest BCUT2D eigenvalue weighted by atomic mass is 9.96. The zero-order valence-electron chi connectivity index (χ0n) is 11.9. The molecule has 0 aromatic carbocycles. The summed E-state index contributed by atoms with van der Waals surface area (Å²) >= 11 is 1.54. The van der Waals surface area contributed by atoms with E-state index < -0.39 is 0 Å². The van der Waals surface area contributed by atoms with E-state index in [9.17, 15) is 0 Å². The van der Waals surface area contributed by atoms with E-state index >= 15 is 0 Å². The molecule has 2 aromatic heterocycles. The van der Waals surface area contributed by atoms with E-state index in [1.54, 1.807) is 18.0 Å². The first kappa shape index (κ1) is 13.9. The summed E-state index contributed by atoms with van der Waals surface area (Å²) in [5.41, 5.74) is -0.0796. The lowest BCUT2D eigenvalue weighted by Gasteiger charge is -2.18. The SMILES string of the molecule is CNc1cc(Sc2nccn2C)nc(C(C)(C)C)n1. The largest absolute Gasteiger partial charge is 0.373 e. The lowest BCUT2D eigenvalue weighted by Crippen LogP contribution is -2.17. The van der Waals surface area contributed by atoms with Crippen molar-refractivity contribution >= 4 is 17.6 Å². The van der Waals surface area contributed by atoms with Crippen LogP contribution >= 0.6 is 11.8 Å². The predicted molar refractivity (Wildman–Crippen MR) is 77.6 cm³/mol. The minimum atomic E-state index is -0.0796. The molecule has 0 amide bonds. The smallest absolute Gasteiger partial charge is 0.174 e. The van der Waals surface area contributed by atoms with Gasteiger partial charge in [-0.1, -0.05) is 20.8 Å². The molecule has 102 valence electrons. The summed E-state index contributed by atoms with van der Waals surface area (Å²) in [7, 11) is 3.84. The third-order valence-electron chi connectivity index (χ3n) is 2.60. The summed E-state index contributed by atoms with van der Waals surface area (Å²) in [5.74, 6) is 1.66. The Kier molecular flexibility index (Phi) is 3.80. The van der Waals surface area contributed by atoms with Gasteiger partial charge in [-0.2, -0.15) is 0 Å². The highest BCUT2D eigenvalue weighted by atomic mass is 32.2. The van der Waals surface area contributed by atoms with Gasteiger partial charge in [0.15, 0.2) is 5.16 Å². The van der Waals surface area contributed by atoms with Gasteiger partial charge >= 0.3 is 0 Å². The van der Waals surface area contributed by atoms with Crippen molar-refractivity contribution in [2.45, 2.75) is 36.4 Å². The maximum atomic E-state index is 4.63. The highest BCUT2D eigenvalue weighted by Gasteiger charge is 2.19. The van der Waals surface area contributed by atoms with Gasteiger partial charge in [0, 0.05) is 38.0 Å². The Balaban J connectivity index is 2.37. The molecule has 0 bridgehead atoms. The fraction of sp³-hybridized carbons (Fsp3) is 0.462. The number of anilines is 1. The van der Waals surface area contributed by atoms with E-state index in [-0.39, 0.29) is 5.41 Å². The third kappa shape index (κ3) is 3.26. The second-order valence-electron chi connectivity index (χ2n) is 5.34. The molecule has 2 heterocycles. The van der Waals surface area contributed by atoms with Crippen LogP contribution in [-0.4, -0.2) is 26.6 Å². The predicted octanol–water partition coefficient (Wildman–Crippen LogP) is 2.70. The fourth-order valence-corrected chi connectivity index (χ4v) is 2.29. The first-order valence-corrected chi connectivity index (χ1v) is 6.94. The number of nitrogens with one attached hydrogen (secondary N) is 1. The van der Waals surface area contributed by atoms with Crippen molar-refractivity contribution in [1.29, 1.82) is 0 Å². The second kappa shape index (κ2) is 5.21. The maximum absolute atomic E-state index is 4.63. The van der Waals surface area contributed by atoms with Crippen molar-refractivity contribution in [3.8, 4) is 0 Å². The zero-order valence-corrected chi connectivity index (χ0v) is 12.7. The van der Waals surface area contributed by atoms with Crippen molar-refractivity contribution < 1.29 is 0 Å². The van der Waals surface area contributed by atoms with Crippen LogP contribution in [0, 0.1) is 0 Å². The lowest BCUT2D eigenvalue weighted by molar-refractivity contribution is 0.539. The van der Waals surface area contributed by atoms with E-state index in [4.69, 9.17) is 0 Å².